The molecule has 0 aliphatic heterocycles. The third-order valence-electron chi connectivity index (χ3n) is 2.58. The minimum Gasteiger partial charge on any atom is -0.496 e. The molecule has 1 saturated carbocycles. The maximum atomic E-state index is 11.7. The van der Waals surface area contributed by atoms with E-state index in [-0.39, 0.29) is 5.25 Å². The van der Waals surface area contributed by atoms with Gasteiger partial charge >= 0.3 is 0 Å². The molecule has 1 N–H and O–H groups in total. The molecular formula is C11H13NO4S. The Labute approximate surface area is 99.8 Å². The Balaban J connectivity index is 2.25. The highest BCUT2D eigenvalue weighted by Crippen LogP contribution is 2.30. The van der Waals surface area contributed by atoms with E-state index in [1.165, 1.54) is 13.2 Å². The molecule has 2 rings (SSSR count). The van der Waals surface area contributed by atoms with E-state index in [2.05, 4.69) is 4.72 Å². The fraction of sp³-hybridized carbons (Fsp3) is 0.364. The summed E-state index contributed by atoms with van der Waals surface area (Å²) in [5.74, 6) is 0.425. The standard InChI is InChI=1S/C11H13NO4S/c1-16-11-5-2-9(6-8(11)7-13)12-17(14,15)10-3-4-10/h2,5-7,10,12H,3-4H2,1H3. The first-order valence-corrected chi connectivity index (χ1v) is 6.76. The zero-order valence-corrected chi connectivity index (χ0v) is 10.2. The van der Waals surface area contributed by atoms with Crippen LogP contribution in [-0.2, 0) is 10.0 Å². The van der Waals surface area contributed by atoms with Crippen LogP contribution in [0.4, 0.5) is 5.69 Å². The monoisotopic (exact) mass is 255 g/mol. The molecule has 1 aromatic carbocycles. The third kappa shape index (κ3) is 2.58. The smallest absolute Gasteiger partial charge is 0.235 e. The fourth-order valence-electron chi connectivity index (χ4n) is 1.52. The Morgan fingerprint density at radius 1 is 1.41 bits per heavy atom. The van der Waals surface area contributed by atoms with E-state index in [9.17, 15) is 13.2 Å². The molecule has 17 heavy (non-hydrogen) atoms. The maximum Gasteiger partial charge on any atom is 0.235 e. The highest BCUT2D eigenvalue weighted by atomic mass is 32.2. The molecule has 0 bridgehead atoms. The molecule has 6 heteroatoms. The van der Waals surface area contributed by atoms with Crippen LogP contribution in [0.3, 0.4) is 0 Å². The molecule has 1 fully saturated rings. The molecular weight excluding hydrogens is 242 g/mol. The van der Waals surface area contributed by atoms with Crippen molar-refractivity contribution >= 4 is 22.0 Å². The first kappa shape index (κ1) is 11.9. The van der Waals surface area contributed by atoms with Crippen molar-refractivity contribution in [3.8, 4) is 5.75 Å². The number of rotatable bonds is 5. The molecule has 0 atom stereocenters. The normalized spacial score (nSPS) is 15.4. The molecule has 92 valence electrons. The first-order chi connectivity index (χ1) is 8.06. The summed E-state index contributed by atoms with van der Waals surface area (Å²) >= 11 is 0. The Bertz CT molecular complexity index is 534. The zero-order valence-electron chi connectivity index (χ0n) is 9.34. The minimum absolute atomic E-state index is 0.288. The number of aldehydes is 1. The van der Waals surface area contributed by atoms with Gasteiger partial charge in [0, 0.05) is 5.69 Å². The average molecular weight is 255 g/mol. The summed E-state index contributed by atoms with van der Waals surface area (Å²) in [5.41, 5.74) is 0.711. The van der Waals surface area contributed by atoms with Crippen molar-refractivity contribution in [3.05, 3.63) is 23.8 Å². The number of sulfonamides is 1. The second kappa shape index (κ2) is 4.37. The van der Waals surface area contributed by atoms with Crippen LogP contribution in [0.25, 0.3) is 0 Å². The van der Waals surface area contributed by atoms with Crippen molar-refractivity contribution in [3.63, 3.8) is 0 Å². The van der Waals surface area contributed by atoms with Gasteiger partial charge in [0.15, 0.2) is 6.29 Å². The van der Waals surface area contributed by atoms with Crippen LogP contribution >= 0.6 is 0 Å². The van der Waals surface area contributed by atoms with Crippen LogP contribution in [0, 0.1) is 0 Å². The van der Waals surface area contributed by atoms with Crippen molar-refractivity contribution in [2.45, 2.75) is 18.1 Å². The zero-order chi connectivity index (χ0) is 12.5. The lowest BCUT2D eigenvalue weighted by molar-refractivity contribution is 0.112. The first-order valence-electron chi connectivity index (χ1n) is 5.21. The molecule has 0 heterocycles. The van der Waals surface area contributed by atoms with Gasteiger partial charge in [-0.1, -0.05) is 0 Å². The highest BCUT2D eigenvalue weighted by Gasteiger charge is 2.35. The molecule has 1 aliphatic rings. The second-order valence-electron chi connectivity index (χ2n) is 3.92. The van der Waals surface area contributed by atoms with Crippen molar-refractivity contribution in [1.29, 1.82) is 0 Å². The fourth-order valence-corrected chi connectivity index (χ4v) is 2.89. The van der Waals surface area contributed by atoms with Crippen molar-refractivity contribution in [2.24, 2.45) is 0 Å². The largest absolute Gasteiger partial charge is 0.496 e. The minimum atomic E-state index is -3.29. The summed E-state index contributed by atoms with van der Waals surface area (Å²) in [6.45, 7) is 0. The molecule has 0 amide bonds. The Hall–Kier alpha value is -1.56. The van der Waals surface area contributed by atoms with Gasteiger partial charge in [-0.25, -0.2) is 8.42 Å². The van der Waals surface area contributed by atoms with Gasteiger partial charge in [0.05, 0.1) is 17.9 Å². The number of nitrogens with one attached hydrogen (secondary N) is 1. The van der Waals surface area contributed by atoms with Gasteiger partial charge in [-0.15, -0.1) is 0 Å². The lowest BCUT2D eigenvalue weighted by atomic mass is 10.2. The second-order valence-corrected chi connectivity index (χ2v) is 5.88. The summed E-state index contributed by atoms with van der Waals surface area (Å²) in [7, 11) is -1.84. The van der Waals surface area contributed by atoms with Gasteiger partial charge in [0.1, 0.15) is 5.75 Å². The van der Waals surface area contributed by atoms with Crippen molar-refractivity contribution < 1.29 is 17.9 Å². The van der Waals surface area contributed by atoms with Crippen molar-refractivity contribution in [1.82, 2.24) is 0 Å². The van der Waals surface area contributed by atoms with Crippen LogP contribution in [0.2, 0.25) is 0 Å². The molecule has 0 radical (unpaired) electrons. The molecule has 0 spiro atoms. The lowest BCUT2D eigenvalue weighted by Gasteiger charge is -2.09. The molecule has 0 saturated heterocycles. The van der Waals surface area contributed by atoms with E-state index in [0.717, 1.165) is 0 Å². The number of ether oxygens (including phenoxy) is 1. The topological polar surface area (TPSA) is 72.5 Å². The summed E-state index contributed by atoms with van der Waals surface area (Å²) in [6, 6.07) is 4.60. The van der Waals surface area contributed by atoms with Crippen LogP contribution in [0.15, 0.2) is 18.2 Å². The van der Waals surface area contributed by atoms with Crippen LogP contribution in [0.5, 0.6) is 5.75 Å². The van der Waals surface area contributed by atoms with E-state index in [1.807, 2.05) is 0 Å². The van der Waals surface area contributed by atoms with E-state index < -0.39 is 10.0 Å². The summed E-state index contributed by atoms with van der Waals surface area (Å²) < 4.78 is 30.8. The number of anilines is 1. The van der Waals surface area contributed by atoms with Gasteiger partial charge in [0.2, 0.25) is 10.0 Å². The number of carbonyl (C=O) groups is 1. The van der Waals surface area contributed by atoms with E-state index >= 15 is 0 Å². The number of hydrogen-bond donors (Lipinski definition) is 1. The number of carbonyl (C=O) groups excluding carboxylic acids is 1. The SMILES string of the molecule is COc1ccc(NS(=O)(=O)C2CC2)cc1C=O. The molecule has 0 aromatic heterocycles. The predicted octanol–water partition coefficient (Wildman–Crippen LogP) is 1.41. The van der Waals surface area contributed by atoms with Gasteiger partial charge < -0.3 is 4.74 Å². The molecule has 1 aromatic rings. The van der Waals surface area contributed by atoms with Crippen LogP contribution < -0.4 is 9.46 Å². The number of hydrogen-bond acceptors (Lipinski definition) is 4. The van der Waals surface area contributed by atoms with Gasteiger partial charge in [0.25, 0.3) is 0 Å². The highest BCUT2D eigenvalue weighted by molar-refractivity contribution is 7.93. The van der Waals surface area contributed by atoms with Gasteiger partial charge in [-0.05, 0) is 31.0 Å². The van der Waals surface area contributed by atoms with Crippen molar-refractivity contribution in [2.75, 3.05) is 11.8 Å². The number of benzene rings is 1. The Morgan fingerprint density at radius 3 is 2.65 bits per heavy atom. The number of methoxy groups -OCH3 is 1. The maximum absolute atomic E-state index is 11.7. The predicted molar refractivity (Wildman–Crippen MR) is 63.9 cm³/mol. The third-order valence-corrected chi connectivity index (χ3v) is 4.45. The Kier molecular flexibility index (Phi) is 3.06. The van der Waals surface area contributed by atoms with Crippen LogP contribution in [-0.4, -0.2) is 27.1 Å². The van der Waals surface area contributed by atoms with E-state index in [1.54, 1.807) is 12.1 Å². The molecule has 5 nitrogen and oxygen atoms in total. The molecule has 1 aliphatic carbocycles. The van der Waals surface area contributed by atoms with E-state index in [4.69, 9.17) is 4.74 Å². The lowest BCUT2D eigenvalue weighted by Crippen LogP contribution is -2.17. The Morgan fingerprint density at radius 2 is 2.12 bits per heavy atom. The molecule has 0 unspecified atom stereocenters. The van der Waals surface area contributed by atoms with Crippen LogP contribution in [0.1, 0.15) is 23.2 Å². The van der Waals surface area contributed by atoms with E-state index in [0.29, 0.717) is 36.1 Å². The average Bonchev–Trinajstić information content (AvgIpc) is 3.12. The summed E-state index contributed by atoms with van der Waals surface area (Å²) in [4.78, 5) is 10.8. The van der Waals surface area contributed by atoms with Gasteiger partial charge in [-0.2, -0.15) is 0 Å². The quantitative estimate of drug-likeness (QED) is 0.807. The summed E-state index contributed by atoms with van der Waals surface area (Å²) in [5, 5.41) is -0.288. The van der Waals surface area contributed by atoms with Gasteiger partial charge in [-0.3, -0.25) is 9.52 Å². The summed E-state index contributed by atoms with van der Waals surface area (Å²) in [6.07, 6.45) is 2.03.